The zero-order valence-electron chi connectivity index (χ0n) is 16.5. The molecule has 2 atom stereocenters. The number of carboxylic acid groups (broad SMARTS) is 1. The number of alkyl halides is 1. The molecule has 0 unspecified atom stereocenters. The number of aryl methyl sites for hydroxylation is 2. The number of nitrogens with one attached hydrogen (secondary N) is 1. The van der Waals surface area contributed by atoms with Gasteiger partial charge in [0, 0.05) is 19.6 Å². The van der Waals surface area contributed by atoms with E-state index in [1.165, 1.54) is 11.1 Å². The summed E-state index contributed by atoms with van der Waals surface area (Å²) in [6, 6.07) is 10.8. The van der Waals surface area contributed by atoms with Crippen molar-refractivity contribution >= 4 is 17.0 Å². The van der Waals surface area contributed by atoms with Gasteiger partial charge in [0.05, 0.1) is 16.6 Å². The fourth-order valence-electron chi connectivity index (χ4n) is 3.68. The Balaban J connectivity index is 1.34. The van der Waals surface area contributed by atoms with Gasteiger partial charge < -0.3 is 14.8 Å². The third-order valence-electron chi connectivity index (χ3n) is 5.46. The van der Waals surface area contributed by atoms with Crippen molar-refractivity contribution in [1.82, 2.24) is 14.9 Å². The molecule has 0 bridgehead atoms. The van der Waals surface area contributed by atoms with Crippen molar-refractivity contribution in [2.45, 2.75) is 39.3 Å². The molecule has 1 aromatic heterocycles. The number of fused-ring (bicyclic) bond motifs is 1. The molecule has 0 amide bonds. The first-order valence-corrected chi connectivity index (χ1v) is 9.65. The van der Waals surface area contributed by atoms with Gasteiger partial charge in [0.1, 0.15) is 24.7 Å². The number of rotatable bonds is 6. The van der Waals surface area contributed by atoms with E-state index in [1.807, 2.05) is 11.0 Å². The molecule has 29 heavy (non-hydrogen) atoms. The van der Waals surface area contributed by atoms with Gasteiger partial charge >= 0.3 is 5.97 Å². The van der Waals surface area contributed by atoms with E-state index in [0.29, 0.717) is 25.5 Å². The molecule has 152 valence electrons. The summed E-state index contributed by atoms with van der Waals surface area (Å²) in [5.74, 6) is -0.258. The van der Waals surface area contributed by atoms with Crippen LogP contribution in [0.25, 0.3) is 11.0 Å². The van der Waals surface area contributed by atoms with Crippen LogP contribution in [-0.4, -0.2) is 51.3 Å². The van der Waals surface area contributed by atoms with E-state index in [9.17, 15) is 9.18 Å². The lowest BCUT2D eigenvalue weighted by atomic mass is 10.1. The van der Waals surface area contributed by atoms with Crippen LogP contribution in [0.3, 0.4) is 0 Å². The molecule has 6 nitrogen and oxygen atoms in total. The second kappa shape index (κ2) is 7.93. The number of ether oxygens (including phenoxy) is 1. The molecule has 1 saturated heterocycles. The molecule has 1 aliphatic rings. The molecule has 1 fully saturated rings. The lowest BCUT2D eigenvalue weighted by molar-refractivity contribution is 0.00864. The second-order valence-corrected chi connectivity index (χ2v) is 7.70. The van der Waals surface area contributed by atoms with Crippen LogP contribution in [0.5, 0.6) is 0 Å². The summed E-state index contributed by atoms with van der Waals surface area (Å²) < 4.78 is 20.3. The van der Waals surface area contributed by atoms with Crippen molar-refractivity contribution in [2.24, 2.45) is 0 Å². The van der Waals surface area contributed by atoms with Crippen molar-refractivity contribution in [1.29, 1.82) is 0 Å². The number of likely N-dealkylation sites (tertiary alicyclic amines) is 1. The van der Waals surface area contributed by atoms with Crippen molar-refractivity contribution < 1.29 is 19.0 Å². The first-order chi connectivity index (χ1) is 13.9. The average Bonchev–Trinajstić information content (AvgIpc) is 3.23. The third-order valence-corrected chi connectivity index (χ3v) is 5.46. The minimum atomic E-state index is -1.07. The molecule has 2 heterocycles. The number of H-pyrrole nitrogens is 1. The summed E-state index contributed by atoms with van der Waals surface area (Å²) in [6.07, 6.45) is -1.58. The maximum Gasteiger partial charge on any atom is 0.335 e. The molecule has 1 aliphatic heterocycles. The van der Waals surface area contributed by atoms with E-state index in [-0.39, 0.29) is 12.2 Å². The van der Waals surface area contributed by atoms with Gasteiger partial charge in [0.15, 0.2) is 0 Å². The van der Waals surface area contributed by atoms with Crippen molar-refractivity contribution in [3.63, 3.8) is 0 Å². The van der Waals surface area contributed by atoms with Gasteiger partial charge in [0.2, 0.25) is 0 Å². The van der Waals surface area contributed by atoms with Crippen molar-refractivity contribution in [2.75, 3.05) is 13.1 Å². The summed E-state index contributed by atoms with van der Waals surface area (Å²) >= 11 is 0. The summed E-state index contributed by atoms with van der Waals surface area (Å²) in [5.41, 5.74) is 5.42. The number of aromatic amines is 1. The van der Waals surface area contributed by atoms with Gasteiger partial charge in [-0.1, -0.05) is 12.1 Å². The molecule has 0 spiro atoms. The van der Waals surface area contributed by atoms with Gasteiger partial charge in [-0.2, -0.15) is 0 Å². The SMILES string of the molecule is Cc1cc2nc(CO[C@H]3CN(Cc4ccc(C(=O)O)cc4)C[C@H]3F)[nH]c2cc1C. The highest BCUT2D eigenvalue weighted by Crippen LogP contribution is 2.22. The zero-order chi connectivity index (χ0) is 20.5. The van der Waals surface area contributed by atoms with E-state index in [0.717, 1.165) is 16.6 Å². The molecular weight excluding hydrogens is 373 g/mol. The molecule has 0 saturated carbocycles. The van der Waals surface area contributed by atoms with E-state index < -0.39 is 18.2 Å². The Bertz CT molecular complexity index is 993. The first kappa shape index (κ1) is 19.5. The van der Waals surface area contributed by atoms with Crippen LogP contribution in [0, 0.1) is 13.8 Å². The highest BCUT2D eigenvalue weighted by Gasteiger charge is 2.33. The number of carboxylic acids is 1. The van der Waals surface area contributed by atoms with Crippen LogP contribution in [0.15, 0.2) is 36.4 Å². The Morgan fingerprint density at radius 2 is 1.97 bits per heavy atom. The van der Waals surface area contributed by atoms with Gasteiger partial charge in [-0.15, -0.1) is 0 Å². The predicted octanol–water partition coefficient (Wildman–Crippen LogP) is 3.62. The van der Waals surface area contributed by atoms with Crippen LogP contribution in [0.1, 0.15) is 32.9 Å². The predicted molar refractivity (Wildman–Crippen MR) is 108 cm³/mol. The van der Waals surface area contributed by atoms with Crippen LogP contribution >= 0.6 is 0 Å². The van der Waals surface area contributed by atoms with Crippen LogP contribution in [-0.2, 0) is 17.9 Å². The monoisotopic (exact) mass is 397 g/mol. The second-order valence-electron chi connectivity index (χ2n) is 7.70. The Morgan fingerprint density at radius 1 is 1.24 bits per heavy atom. The normalized spacial score (nSPS) is 19.8. The minimum Gasteiger partial charge on any atom is -0.478 e. The van der Waals surface area contributed by atoms with E-state index in [1.54, 1.807) is 24.3 Å². The molecule has 3 aromatic rings. The number of imidazole rings is 1. The number of aromatic nitrogens is 2. The summed E-state index contributed by atoms with van der Waals surface area (Å²) in [6.45, 7) is 5.68. The zero-order valence-corrected chi connectivity index (χ0v) is 16.5. The number of benzene rings is 2. The largest absolute Gasteiger partial charge is 0.478 e. The van der Waals surface area contributed by atoms with Crippen LogP contribution < -0.4 is 0 Å². The Hall–Kier alpha value is -2.77. The maximum atomic E-state index is 14.4. The highest BCUT2D eigenvalue weighted by atomic mass is 19.1. The standard InChI is InChI=1S/C22H24FN3O3/c1-13-7-18-19(8-14(13)2)25-21(24-18)12-29-20-11-26(10-17(20)23)9-15-3-5-16(6-4-15)22(27)28/h3-8,17,20H,9-12H2,1-2H3,(H,24,25)(H,27,28)/t17-,20+/m1/s1. The maximum absolute atomic E-state index is 14.4. The van der Waals surface area contributed by atoms with E-state index in [2.05, 4.69) is 29.9 Å². The van der Waals surface area contributed by atoms with Crippen LogP contribution in [0.2, 0.25) is 0 Å². The van der Waals surface area contributed by atoms with Gasteiger partial charge in [-0.05, 0) is 54.8 Å². The summed E-state index contributed by atoms with van der Waals surface area (Å²) in [7, 11) is 0. The molecule has 4 rings (SSSR count). The molecule has 0 aliphatic carbocycles. The quantitative estimate of drug-likeness (QED) is 0.664. The van der Waals surface area contributed by atoms with Gasteiger partial charge in [0.25, 0.3) is 0 Å². The third kappa shape index (κ3) is 4.31. The van der Waals surface area contributed by atoms with E-state index in [4.69, 9.17) is 9.84 Å². The minimum absolute atomic E-state index is 0.235. The molecule has 7 heteroatoms. The molecule has 2 aromatic carbocycles. The topological polar surface area (TPSA) is 78.4 Å². The fraction of sp³-hybridized carbons (Fsp3) is 0.364. The van der Waals surface area contributed by atoms with Crippen molar-refractivity contribution in [3.8, 4) is 0 Å². The Labute approximate surface area is 168 Å². The number of hydrogen-bond acceptors (Lipinski definition) is 4. The summed E-state index contributed by atoms with van der Waals surface area (Å²) in [5, 5.41) is 8.97. The van der Waals surface area contributed by atoms with Crippen LogP contribution in [0.4, 0.5) is 4.39 Å². The number of nitrogens with zero attached hydrogens (tertiary/aromatic N) is 2. The Morgan fingerprint density at radius 3 is 2.69 bits per heavy atom. The number of carbonyl (C=O) groups is 1. The van der Waals surface area contributed by atoms with Crippen molar-refractivity contribution in [3.05, 3.63) is 64.5 Å². The van der Waals surface area contributed by atoms with Gasteiger partial charge in [-0.3, -0.25) is 4.90 Å². The molecule has 0 radical (unpaired) electrons. The average molecular weight is 397 g/mol. The summed E-state index contributed by atoms with van der Waals surface area (Å²) in [4.78, 5) is 20.7. The number of aromatic carboxylic acids is 1. The number of hydrogen-bond donors (Lipinski definition) is 2. The van der Waals surface area contributed by atoms with E-state index >= 15 is 0 Å². The van der Waals surface area contributed by atoms with Gasteiger partial charge in [-0.25, -0.2) is 14.2 Å². The first-order valence-electron chi connectivity index (χ1n) is 9.65. The Kier molecular flexibility index (Phi) is 5.34. The lowest BCUT2D eigenvalue weighted by Crippen LogP contribution is -2.24. The number of halogens is 1. The molecule has 2 N–H and O–H groups in total. The highest BCUT2D eigenvalue weighted by molar-refractivity contribution is 5.87. The lowest BCUT2D eigenvalue weighted by Gasteiger charge is -2.15. The fourth-order valence-corrected chi connectivity index (χ4v) is 3.68. The molecular formula is C22H24FN3O3. The smallest absolute Gasteiger partial charge is 0.335 e.